The standard InChI is InChI=1S/C24H28N4O/c1-19-7-9-21(10-8-19)17-27(3)24(25-2)26-16-20-11-13-22(14-12-20)18-28-15-5-4-6-23(28)29/h4-15H,16-18H2,1-3H3,(H,25,26). The molecule has 1 heterocycles. The number of pyridine rings is 1. The highest BCUT2D eigenvalue weighted by molar-refractivity contribution is 5.79. The second kappa shape index (κ2) is 9.73. The van der Waals surface area contributed by atoms with Gasteiger partial charge in [0.05, 0.1) is 6.54 Å². The average Bonchev–Trinajstić information content (AvgIpc) is 2.73. The fourth-order valence-electron chi connectivity index (χ4n) is 3.16. The summed E-state index contributed by atoms with van der Waals surface area (Å²) in [5.41, 5.74) is 4.79. The predicted molar refractivity (Wildman–Crippen MR) is 119 cm³/mol. The zero-order valence-corrected chi connectivity index (χ0v) is 17.3. The maximum atomic E-state index is 11.8. The molecule has 0 radical (unpaired) electrons. The lowest BCUT2D eigenvalue weighted by Crippen LogP contribution is -2.38. The number of hydrogen-bond acceptors (Lipinski definition) is 2. The van der Waals surface area contributed by atoms with Crippen LogP contribution < -0.4 is 10.9 Å². The molecule has 0 bridgehead atoms. The highest BCUT2D eigenvalue weighted by atomic mass is 16.1. The first-order valence-corrected chi connectivity index (χ1v) is 9.76. The zero-order chi connectivity index (χ0) is 20.6. The molecule has 0 aliphatic rings. The Balaban J connectivity index is 1.56. The molecule has 5 heteroatoms. The molecule has 0 spiro atoms. The molecule has 0 aliphatic heterocycles. The number of hydrogen-bond donors (Lipinski definition) is 1. The highest BCUT2D eigenvalue weighted by Gasteiger charge is 2.07. The minimum Gasteiger partial charge on any atom is -0.352 e. The van der Waals surface area contributed by atoms with E-state index < -0.39 is 0 Å². The first-order chi connectivity index (χ1) is 14.0. The number of guanidine groups is 1. The molecule has 29 heavy (non-hydrogen) atoms. The number of rotatable bonds is 6. The molecule has 150 valence electrons. The van der Waals surface area contributed by atoms with Crippen LogP contribution >= 0.6 is 0 Å². The largest absolute Gasteiger partial charge is 0.352 e. The average molecular weight is 389 g/mol. The molecule has 0 aliphatic carbocycles. The number of nitrogens with one attached hydrogen (secondary N) is 1. The second-order valence-corrected chi connectivity index (χ2v) is 7.23. The molecule has 1 N–H and O–H groups in total. The van der Waals surface area contributed by atoms with Crippen molar-refractivity contribution in [3.05, 3.63) is 106 Å². The zero-order valence-electron chi connectivity index (χ0n) is 17.3. The smallest absolute Gasteiger partial charge is 0.250 e. The molecular formula is C24H28N4O. The van der Waals surface area contributed by atoms with Gasteiger partial charge >= 0.3 is 0 Å². The summed E-state index contributed by atoms with van der Waals surface area (Å²) in [6.45, 7) is 4.16. The van der Waals surface area contributed by atoms with Gasteiger partial charge in [0, 0.05) is 39.4 Å². The third-order valence-electron chi connectivity index (χ3n) is 4.84. The number of aryl methyl sites for hydroxylation is 1. The van der Waals surface area contributed by atoms with E-state index in [0.29, 0.717) is 13.1 Å². The van der Waals surface area contributed by atoms with Gasteiger partial charge in [-0.1, -0.05) is 60.2 Å². The van der Waals surface area contributed by atoms with Crippen molar-refractivity contribution in [3.8, 4) is 0 Å². The second-order valence-electron chi connectivity index (χ2n) is 7.23. The quantitative estimate of drug-likeness (QED) is 0.520. The van der Waals surface area contributed by atoms with E-state index in [1.807, 2.05) is 19.3 Å². The lowest BCUT2D eigenvalue weighted by Gasteiger charge is -2.22. The normalized spacial score (nSPS) is 11.3. The van der Waals surface area contributed by atoms with E-state index in [0.717, 1.165) is 18.1 Å². The van der Waals surface area contributed by atoms with E-state index in [1.54, 1.807) is 23.7 Å². The van der Waals surface area contributed by atoms with Gasteiger partial charge in [-0.05, 0) is 29.7 Å². The molecular weight excluding hydrogens is 360 g/mol. The number of nitrogens with zero attached hydrogens (tertiary/aromatic N) is 3. The SMILES string of the molecule is CN=C(NCc1ccc(Cn2ccccc2=O)cc1)N(C)Cc1ccc(C)cc1. The van der Waals surface area contributed by atoms with Crippen molar-refractivity contribution in [2.24, 2.45) is 4.99 Å². The van der Waals surface area contributed by atoms with Crippen LogP contribution in [0.4, 0.5) is 0 Å². The first-order valence-electron chi connectivity index (χ1n) is 9.76. The van der Waals surface area contributed by atoms with Crippen LogP contribution in [-0.2, 0) is 19.6 Å². The van der Waals surface area contributed by atoms with E-state index in [2.05, 4.69) is 70.7 Å². The summed E-state index contributed by atoms with van der Waals surface area (Å²) in [5.74, 6) is 0.852. The third kappa shape index (κ3) is 5.82. The van der Waals surface area contributed by atoms with Gasteiger partial charge in [0.25, 0.3) is 5.56 Å². The summed E-state index contributed by atoms with van der Waals surface area (Å²) in [6, 6.07) is 22.1. The van der Waals surface area contributed by atoms with Crippen molar-refractivity contribution >= 4 is 5.96 Å². The molecule has 0 fully saturated rings. The lowest BCUT2D eigenvalue weighted by atomic mass is 10.1. The van der Waals surface area contributed by atoms with Crippen molar-refractivity contribution in [2.45, 2.75) is 26.6 Å². The third-order valence-corrected chi connectivity index (χ3v) is 4.84. The van der Waals surface area contributed by atoms with Gasteiger partial charge in [0.2, 0.25) is 0 Å². The topological polar surface area (TPSA) is 49.6 Å². The molecule has 1 aromatic heterocycles. The van der Waals surface area contributed by atoms with Crippen LogP contribution in [-0.4, -0.2) is 29.5 Å². The Hall–Kier alpha value is -3.34. The van der Waals surface area contributed by atoms with Gasteiger partial charge in [-0.2, -0.15) is 0 Å². The van der Waals surface area contributed by atoms with E-state index in [1.165, 1.54) is 16.7 Å². The Bertz CT molecular complexity index is 1000. The Morgan fingerprint density at radius 2 is 1.62 bits per heavy atom. The van der Waals surface area contributed by atoms with Crippen LogP contribution in [0.15, 0.2) is 82.7 Å². The summed E-state index contributed by atoms with van der Waals surface area (Å²) >= 11 is 0. The molecule has 3 rings (SSSR count). The van der Waals surface area contributed by atoms with E-state index in [9.17, 15) is 4.79 Å². The van der Waals surface area contributed by atoms with Crippen LogP contribution in [0.2, 0.25) is 0 Å². The van der Waals surface area contributed by atoms with Crippen LogP contribution in [0.3, 0.4) is 0 Å². The molecule has 2 aromatic carbocycles. The van der Waals surface area contributed by atoms with Crippen LogP contribution in [0.5, 0.6) is 0 Å². The van der Waals surface area contributed by atoms with E-state index in [4.69, 9.17) is 0 Å². The summed E-state index contributed by atoms with van der Waals surface area (Å²) in [6.07, 6.45) is 1.81. The van der Waals surface area contributed by atoms with Crippen molar-refractivity contribution in [3.63, 3.8) is 0 Å². The van der Waals surface area contributed by atoms with Gasteiger partial charge in [-0.15, -0.1) is 0 Å². The Labute approximate surface area is 172 Å². The summed E-state index contributed by atoms with van der Waals surface area (Å²) < 4.78 is 1.70. The van der Waals surface area contributed by atoms with Gasteiger partial charge in [-0.3, -0.25) is 9.79 Å². The Morgan fingerprint density at radius 3 is 2.28 bits per heavy atom. The molecule has 5 nitrogen and oxygen atoms in total. The van der Waals surface area contributed by atoms with Gasteiger partial charge in [0.1, 0.15) is 0 Å². The summed E-state index contributed by atoms with van der Waals surface area (Å²) in [5, 5.41) is 3.42. The minimum absolute atomic E-state index is 0.0126. The van der Waals surface area contributed by atoms with Crippen molar-refractivity contribution in [1.82, 2.24) is 14.8 Å². The van der Waals surface area contributed by atoms with Crippen molar-refractivity contribution in [2.75, 3.05) is 14.1 Å². The molecule has 0 unspecified atom stereocenters. The van der Waals surface area contributed by atoms with Gasteiger partial charge in [-0.25, -0.2) is 0 Å². The summed E-state index contributed by atoms with van der Waals surface area (Å²) in [7, 11) is 3.84. The molecule has 3 aromatic rings. The fraction of sp³-hybridized carbons (Fsp3) is 0.250. The Kier molecular flexibility index (Phi) is 6.85. The minimum atomic E-state index is 0.0126. The molecule has 0 atom stereocenters. The summed E-state index contributed by atoms with van der Waals surface area (Å²) in [4.78, 5) is 18.4. The Morgan fingerprint density at radius 1 is 0.966 bits per heavy atom. The van der Waals surface area contributed by atoms with Crippen molar-refractivity contribution in [1.29, 1.82) is 0 Å². The van der Waals surface area contributed by atoms with Gasteiger partial charge in [0.15, 0.2) is 5.96 Å². The molecule has 0 saturated heterocycles. The molecule has 0 saturated carbocycles. The van der Waals surface area contributed by atoms with Crippen LogP contribution in [0.1, 0.15) is 22.3 Å². The lowest BCUT2D eigenvalue weighted by molar-refractivity contribution is 0.476. The van der Waals surface area contributed by atoms with Gasteiger partial charge < -0.3 is 14.8 Å². The van der Waals surface area contributed by atoms with E-state index >= 15 is 0 Å². The van der Waals surface area contributed by atoms with E-state index in [-0.39, 0.29) is 5.56 Å². The number of benzene rings is 2. The maximum absolute atomic E-state index is 11.8. The molecule has 0 amide bonds. The highest BCUT2D eigenvalue weighted by Crippen LogP contribution is 2.08. The number of aliphatic imine (C=N–C) groups is 1. The fourth-order valence-corrected chi connectivity index (χ4v) is 3.16. The first kappa shape index (κ1) is 20.4. The monoisotopic (exact) mass is 388 g/mol. The van der Waals surface area contributed by atoms with Crippen LogP contribution in [0, 0.1) is 6.92 Å². The number of aromatic nitrogens is 1. The predicted octanol–water partition coefficient (Wildman–Crippen LogP) is 3.41. The van der Waals surface area contributed by atoms with Crippen LogP contribution in [0.25, 0.3) is 0 Å². The van der Waals surface area contributed by atoms with Crippen molar-refractivity contribution < 1.29 is 0 Å². The maximum Gasteiger partial charge on any atom is 0.250 e.